The minimum Gasteiger partial charge on any atom is -0.253 e. The van der Waals surface area contributed by atoms with E-state index in [0.29, 0.717) is 4.83 Å². The maximum atomic E-state index is 4.73. The van der Waals surface area contributed by atoms with Crippen molar-refractivity contribution in [2.75, 3.05) is 0 Å². The molecule has 0 radical (unpaired) electrons. The SMILES string of the molecule is Cc1cscc1C(Br)Cc1ccc2ccccc2n1. The van der Waals surface area contributed by atoms with Crippen LogP contribution < -0.4 is 0 Å². The van der Waals surface area contributed by atoms with E-state index in [0.717, 1.165) is 17.6 Å². The van der Waals surface area contributed by atoms with Crippen molar-refractivity contribution in [3.63, 3.8) is 0 Å². The molecule has 3 aromatic rings. The summed E-state index contributed by atoms with van der Waals surface area (Å²) >= 11 is 5.54. The van der Waals surface area contributed by atoms with Gasteiger partial charge in [-0.2, -0.15) is 11.3 Å². The zero-order valence-electron chi connectivity index (χ0n) is 10.6. The highest BCUT2D eigenvalue weighted by atomic mass is 79.9. The van der Waals surface area contributed by atoms with Gasteiger partial charge in [-0.3, -0.25) is 4.98 Å². The van der Waals surface area contributed by atoms with Crippen LogP contribution in [0.25, 0.3) is 10.9 Å². The molecule has 1 unspecified atom stereocenters. The van der Waals surface area contributed by atoms with E-state index < -0.39 is 0 Å². The van der Waals surface area contributed by atoms with Gasteiger partial charge < -0.3 is 0 Å². The Labute approximate surface area is 125 Å². The Kier molecular flexibility index (Phi) is 3.67. The van der Waals surface area contributed by atoms with Crippen molar-refractivity contribution >= 4 is 38.2 Å². The highest BCUT2D eigenvalue weighted by Crippen LogP contribution is 2.31. The second kappa shape index (κ2) is 5.43. The van der Waals surface area contributed by atoms with Gasteiger partial charge in [0, 0.05) is 22.3 Å². The number of alkyl halides is 1. The minimum absolute atomic E-state index is 0.340. The predicted octanol–water partition coefficient (Wildman–Crippen LogP) is 5.28. The fourth-order valence-corrected chi connectivity index (χ4v) is 4.11. The Morgan fingerprint density at radius 2 is 2.00 bits per heavy atom. The van der Waals surface area contributed by atoms with E-state index in [2.05, 4.69) is 57.9 Å². The first-order valence-corrected chi connectivity index (χ1v) is 8.11. The summed E-state index contributed by atoms with van der Waals surface area (Å²) in [6.07, 6.45) is 0.919. The number of benzene rings is 1. The Hall–Kier alpha value is -1.19. The Morgan fingerprint density at radius 1 is 1.16 bits per heavy atom. The van der Waals surface area contributed by atoms with E-state index in [1.54, 1.807) is 11.3 Å². The highest BCUT2D eigenvalue weighted by Gasteiger charge is 2.12. The number of hydrogen-bond donors (Lipinski definition) is 0. The summed E-state index contributed by atoms with van der Waals surface area (Å²) in [6, 6.07) is 12.5. The van der Waals surface area contributed by atoms with E-state index in [1.807, 2.05) is 12.1 Å². The van der Waals surface area contributed by atoms with Crippen LogP contribution in [0.15, 0.2) is 47.2 Å². The fourth-order valence-electron chi connectivity index (χ4n) is 2.21. The quantitative estimate of drug-likeness (QED) is 0.594. The molecule has 0 N–H and O–H groups in total. The summed E-state index contributed by atoms with van der Waals surface area (Å²) in [5.41, 5.74) is 4.93. The van der Waals surface area contributed by atoms with Crippen molar-refractivity contribution in [1.29, 1.82) is 0 Å². The maximum absolute atomic E-state index is 4.73. The van der Waals surface area contributed by atoms with Crippen LogP contribution in [0.4, 0.5) is 0 Å². The first-order chi connectivity index (χ1) is 9.24. The molecule has 2 heterocycles. The number of nitrogens with zero attached hydrogens (tertiary/aromatic N) is 1. The first kappa shape index (κ1) is 12.8. The molecule has 3 rings (SSSR count). The third kappa shape index (κ3) is 2.72. The molecule has 0 aliphatic carbocycles. The van der Waals surface area contributed by atoms with Gasteiger partial charge in [0.15, 0.2) is 0 Å². The van der Waals surface area contributed by atoms with Gasteiger partial charge in [0.2, 0.25) is 0 Å². The average molecular weight is 332 g/mol. The molecular weight excluding hydrogens is 318 g/mol. The summed E-state index contributed by atoms with van der Waals surface area (Å²) in [7, 11) is 0. The van der Waals surface area contributed by atoms with Crippen molar-refractivity contribution in [3.05, 3.63) is 64.0 Å². The second-order valence-corrected chi connectivity index (χ2v) is 6.53. The zero-order chi connectivity index (χ0) is 13.2. The minimum atomic E-state index is 0.340. The van der Waals surface area contributed by atoms with Crippen LogP contribution >= 0.6 is 27.3 Å². The predicted molar refractivity (Wildman–Crippen MR) is 86.2 cm³/mol. The maximum Gasteiger partial charge on any atom is 0.0705 e. The van der Waals surface area contributed by atoms with Crippen LogP contribution in [0.2, 0.25) is 0 Å². The van der Waals surface area contributed by atoms with Crippen LogP contribution in [0.5, 0.6) is 0 Å². The number of rotatable bonds is 3. The number of halogens is 1. The number of para-hydroxylation sites is 1. The molecule has 1 aromatic carbocycles. The summed E-state index contributed by atoms with van der Waals surface area (Å²) in [6.45, 7) is 2.16. The van der Waals surface area contributed by atoms with Gasteiger partial charge in [0.1, 0.15) is 0 Å². The summed E-state index contributed by atoms with van der Waals surface area (Å²) in [5, 5.41) is 5.61. The Morgan fingerprint density at radius 3 is 2.79 bits per heavy atom. The monoisotopic (exact) mass is 331 g/mol. The largest absolute Gasteiger partial charge is 0.253 e. The molecule has 19 heavy (non-hydrogen) atoms. The lowest BCUT2D eigenvalue weighted by Gasteiger charge is -2.10. The lowest BCUT2D eigenvalue weighted by molar-refractivity contribution is 0.910. The summed E-state index contributed by atoms with van der Waals surface area (Å²) in [5.74, 6) is 0. The van der Waals surface area contributed by atoms with Gasteiger partial charge in [0.25, 0.3) is 0 Å². The number of aromatic nitrogens is 1. The van der Waals surface area contributed by atoms with Crippen molar-refractivity contribution < 1.29 is 0 Å². The molecule has 0 aliphatic rings. The standard InChI is InChI=1S/C16H14BrNS/c1-11-9-19-10-14(11)15(17)8-13-7-6-12-4-2-3-5-16(12)18-13/h2-7,9-10,15H,8H2,1H3. The van der Waals surface area contributed by atoms with Crippen molar-refractivity contribution in [2.45, 2.75) is 18.2 Å². The molecule has 0 saturated heterocycles. The molecular formula is C16H14BrNS. The summed E-state index contributed by atoms with van der Waals surface area (Å²) < 4.78 is 0. The van der Waals surface area contributed by atoms with Crippen LogP contribution in [0.3, 0.4) is 0 Å². The van der Waals surface area contributed by atoms with Gasteiger partial charge in [-0.05, 0) is 40.9 Å². The molecule has 0 bridgehead atoms. The van der Waals surface area contributed by atoms with Crippen LogP contribution in [-0.4, -0.2) is 4.98 Å². The van der Waals surface area contributed by atoms with E-state index >= 15 is 0 Å². The van der Waals surface area contributed by atoms with Gasteiger partial charge in [-0.25, -0.2) is 0 Å². The smallest absolute Gasteiger partial charge is 0.0705 e. The molecule has 1 nitrogen and oxygen atoms in total. The third-order valence-electron chi connectivity index (χ3n) is 3.28. The van der Waals surface area contributed by atoms with E-state index in [9.17, 15) is 0 Å². The molecule has 0 aliphatic heterocycles. The molecule has 96 valence electrons. The van der Waals surface area contributed by atoms with Crippen molar-refractivity contribution in [1.82, 2.24) is 4.98 Å². The number of thiophene rings is 1. The molecule has 2 aromatic heterocycles. The van der Waals surface area contributed by atoms with Gasteiger partial charge in [0.05, 0.1) is 5.52 Å². The van der Waals surface area contributed by atoms with Crippen LogP contribution in [0.1, 0.15) is 21.6 Å². The Bertz CT molecular complexity index is 705. The fraction of sp³-hybridized carbons (Fsp3) is 0.188. The normalized spacial score (nSPS) is 12.7. The topological polar surface area (TPSA) is 12.9 Å². The van der Waals surface area contributed by atoms with Crippen LogP contribution in [0, 0.1) is 6.92 Å². The number of pyridine rings is 1. The number of aryl methyl sites for hydroxylation is 1. The van der Waals surface area contributed by atoms with E-state index in [4.69, 9.17) is 4.98 Å². The van der Waals surface area contributed by atoms with Gasteiger partial charge in [-0.1, -0.05) is 40.2 Å². The molecule has 0 saturated carbocycles. The van der Waals surface area contributed by atoms with Gasteiger partial charge >= 0.3 is 0 Å². The van der Waals surface area contributed by atoms with E-state index in [1.165, 1.54) is 16.5 Å². The van der Waals surface area contributed by atoms with Crippen molar-refractivity contribution in [3.8, 4) is 0 Å². The zero-order valence-corrected chi connectivity index (χ0v) is 13.0. The lowest BCUT2D eigenvalue weighted by Crippen LogP contribution is -1.98. The molecule has 0 spiro atoms. The van der Waals surface area contributed by atoms with Crippen molar-refractivity contribution in [2.24, 2.45) is 0 Å². The second-order valence-electron chi connectivity index (χ2n) is 4.68. The molecule has 0 fully saturated rings. The molecule has 3 heteroatoms. The van der Waals surface area contributed by atoms with Gasteiger partial charge in [-0.15, -0.1) is 0 Å². The number of fused-ring (bicyclic) bond motifs is 1. The first-order valence-electron chi connectivity index (χ1n) is 6.25. The highest BCUT2D eigenvalue weighted by molar-refractivity contribution is 9.09. The van der Waals surface area contributed by atoms with E-state index in [-0.39, 0.29) is 0 Å². The number of hydrogen-bond acceptors (Lipinski definition) is 2. The Balaban J connectivity index is 1.87. The summed E-state index contributed by atoms with van der Waals surface area (Å²) in [4.78, 5) is 5.07. The lowest BCUT2D eigenvalue weighted by atomic mass is 10.1. The third-order valence-corrected chi connectivity index (χ3v) is 4.97. The molecule has 0 amide bonds. The van der Waals surface area contributed by atoms with Crippen LogP contribution in [-0.2, 0) is 6.42 Å². The molecule has 1 atom stereocenters. The average Bonchev–Trinajstić information content (AvgIpc) is 2.85.